The van der Waals surface area contributed by atoms with Gasteiger partial charge in [0, 0.05) is 43.6 Å². The standard InChI is InChI=1S/C18H23N3/c1-2-21(13-15-7-10-19-11-8-15)14-16-9-12-20-18-6-4-3-5-17(16)18/h3-8,10-11,16,20H,2,9,12-14H2,1H3. The van der Waals surface area contributed by atoms with Crippen LogP contribution < -0.4 is 5.32 Å². The first-order chi connectivity index (χ1) is 10.4. The van der Waals surface area contributed by atoms with Gasteiger partial charge in [-0.25, -0.2) is 0 Å². The van der Waals surface area contributed by atoms with Gasteiger partial charge in [0.2, 0.25) is 0 Å². The number of aromatic nitrogens is 1. The van der Waals surface area contributed by atoms with Gasteiger partial charge >= 0.3 is 0 Å². The number of likely N-dealkylation sites (N-methyl/N-ethyl adjacent to an activating group) is 1. The number of hydrogen-bond donors (Lipinski definition) is 1. The highest BCUT2D eigenvalue weighted by atomic mass is 15.1. The van der Waals surface area contributed by atoms with Crippen molar-refractivity contribution in [3.8, 4) is 0 Å². The minimum atomic E-state index is 0.629. The van der Waals surface area contributed by atoms with Crippen LogP contribution in [0.25, 0.3) is 0 Å². The number of hydrogen-bond acceptors (Lipinski definition) is 3. The van der Waals surface area contributed by atoms with Gasteiger partial charge in [-0.1, -0.05) is 25.1 Å². The molecule has 0 spiro atoms. The molecule has 2 aromatic rings. The average molecular weight is 281 g/mol. The molecule has 3 heteroatoms. The van der Waals surface area contributed by atoms with E-state index < -0.39 is 0 Å². The molecular weight excluding hydrogens is 258 g/mol. The topological polar surface area (TPSA) is 28.2 Å². The monoisotopic (exact) mass is 281 g/mol. The Morgan fingerprint density at radius 1 is 1.19 bits per heavy atom. The van der Waals surface area contributed by atoms with E-state index in [9.17, 15) is 0 Å². The molecule has 1 atom stereocenters. The fourth-order valence-corrected chi connectivity index (χ4v) is 3.10. The van der Waals surface area contributed by atoms with Crippen molar-refractivity contribution < 1.29 is 0 Å². The number of para-hydroxylation sites is 1. The number of pyridine rings is 1. The van der Waals surface area contributed by atoms with Crippen LogP contribution >= 0.6 is 0 Å². The molecule has 2 heterocycles. The van der Waals surface area contributed by atoms with Crippen LogP contribution in [-0.2, 0) is 6.54 Å². The Morgan fingerprint density at radius 3 is 2.81 bits per heavy atom. The Kier molecular flexibility index (Phi) is 4.51. The van der Waals surface area contributed by atoms with E-state index in [1.165, 1.54) is 23.2 Å². The highest BCUT2D eigenvalue weighted by Crippen LogP contribution is 2.32. The number of nitrogens with zero attached hydrogens (tertiary/aromatic N) is 2. The third-order valence-corrected chi connectivity index (χ3v) is 4.29. The Hall–Kier alpha value is -1.87. The van der Waals surface area contributed by atoms with Gasteiger partial charge < -0.3 is 5.32 Å². The molecule has 3 nitrogen and oxygen atoms in total. The van der Waals surface area contributed by atoms with Crippen LogP contribution in [-0.4, -0.2) is 29.5 Å². The minimum absolute atomic E-state index is 0.629. The van der Waals surface area contributed by atoms with Crippen LogP contribution in [0.3, 0.4) is 0 Å². The van der Waals surface area contributed by atoms with Crippen molar-refractivity contribution in [2.24, 2.45) is 0 Å². The summed E-state index contributed by atoms with van der Waals surface area (Å²) in [5.74, 6) is 0.629. The third-order valence-electron chi connectivity index (χ3n) is 4.29. The Labute approximate surface area is 127 Å². The molecule has 0 amide bonds. The van der Waals surface area contributed by atoms with E-state index in [1.807, 2.05) is 12.4 Å². The average Bonchev–Trinajstić information content (AvgIpc) is 2.55. The lowest BCUT2D eigenvalue weighted by Gasteiger charge is -2.31. The van der Waals surface area contributed by atoms with Gasteiger partial charge in [-0.3, -0.25) is 9.88 Å². The number of nitrogens with one attached hydrogen (secondary N) is 1. The van der Waals surface area contributed by atoms with Crippen LogP contribution in [0.1, 0.15) is 30.4 Å². The van der Waals surface area contributed by atoms with E-state index in [-0.39, 0.29) is 0 Å². The van der Waals surface area contributed by atoms with Crippen molar-refractivity contribution in [3.63, 3.8) is 0 Å². The second kappa shape index (κ2) is 6.72. The summed E-state index contributed by atoms with van der Waals surface area (Å²) in [6.45, 7) is 6.53. The van der Waals surface area contributed by atoms with E-state index in [1.54, 1.807) is 0 Å². The van der Waals surface area contributed by atoms with Crippen molar-refractivity contribution in [2.45, 2.75) is 25.8 Å². The molecule has 1 aromatic carbocycles. The molecule has 1 aromatic heterocycles. The van der Waals surface area contributed by atoms with Crippen LogP contribution in [0.4, 0.5) is 5.69 Å². The van der Waals surface area contributed by atoms with E-state index in [0.717, 1.165) is 26.2 Å². The Morgan fingerprint density at radius 2 is 2.00 bits per heavy atom. The van der Waals surface area contributed by atoms with E-state index in [2.05, 4.69) is 58.5 Å². The van der Waals surface area contributed by atoms with Crippen molar-refractivity contribution >= 4 is 5.69 Å². The fraction of sp³-hybridized carbons (Fsp3) is 0.389. The predicted octanol–water partition coefficient (Wildman–Crippen LogP) is 3.50. The molecule has 0 bridgehead atoms. The molecule has 0 radical (unpaired) electrons. The summed E-state index contributed by atoms with van der Waals surface area (Å²) in [6, 6.07) is 13.0. The van der Waals surface area contributed by atoms with Gasteiger partial charge in [0.25, 0.3) is 0 Å². The molecule has 0 aliphatic carbocycles. The molecule has 21 heavy (non-hydrogen) atoms. The highest BCUT2D eigenvalue weighted by molar-refractivity contribution is 5.54. The molecule has 110 valence electrons. The summed E-state index contributed by atoms with van der Waals surface area (Å²) < 4.78 is 0. The number of fused-ring (bicyclic) bond motifs is 1. The first kappa shape index (κ1) is 14.1. The Balaban J connectivity index is 1.70. The largest absolute Gasteiger partial charge is 0.385 e. The fourth-order valence-electron chi connectivity index (χ4n) is 3.10. The number of anilines is 1. The molecule has 3 rings (SSSR count). The molecule has 1 unspecified atom stereocenters. The summed E-state index contributed by atoms with van der Waals surface area (Å²) in [7, 11) is 0. The second-order valence-corrected chi connectivity index (χ2v) is 5.68. The zero-order chi connectivity index (χ0) is 14.5. The van der Waals surface area contributed by atoms with E-state index in [0.29, 0.717) is 5.92 Å². The molecular formula is C18H23N3. The zero-order valence-corrected chi connectivity index (χ0v) is 12.6. The van der Waals surface area contributed by atoms with Gasteiger partial charge in [-0.15, -0.1) is 0 Å². The van der Waals surface area contributed by atoms with Crippen LogP contribution in [0.5, 0.6) is 0 Å². The lowest BCUT2D eigenvalue weighted by molar-refractivity contribution is 0.256. The summed E-state index contributed by atoms with van der Waals surface area (Å²) in [6.07, 6.45) is 4.97. The lowest BCUT2D eigenvalue weighted by Crippen LogP contribution is -2.31. The molecule has 1 aliphatic heterocycles. The molecule has 1 N–H and O–H groups in total. The zero-order valence-electron chi connectivity index (χ0n) is 12.6. The minimum Gasteiger partial charge on any atom is -0.385 e. The van der Waals surface area contributed by atoms with Crippen molar-refractivity contribution in [2.75, 3.05) is 25.0 Å². The highest BCUT2D eigenvalue weighted by Gasteiger charge is 2.21. The molecule has 0 saturated carbocycles. The summed E-state index contributed by atoms with van der Waals surface area (Å²) in [5.41, 5.74) is 4.12. The van der Waals surface area contributed by atoms with Gasteiger partial charge in [-0.05, 0) is 42.3 Å². The SMILES string of the molecule is CCN(Cc1ccncc1)CC1CCNc2ccccc21. The summed E-state index contributed by atoms with van der Waals surface area (Å²) >= 11 is 0. The van der Waals surface area contributed by atoms with Gasteiger partial charge in [0.15, 0.2) is 0 Å². The maximum atomic E-state index is 4.10. The van der Waals surface area contributed by atoms with Crippen LogP contribution in [0.15, 0.2) is 48.8 Å². The van der Waals surface area contributed by atoms with Gasteiger partial charge in [0.05, 0.1) is 0 Å². The summed E-state index contributed by atoms with van der Waals surface area (Å²) in [5, 5.41) is 3.51. The van der Waals surface area contributed by atoms with Crippen molar-refractivity contribution in [3.05, 3.63) is 59.9 Å². The first-order valence-electron chi connectivity index (χ1n) is 7.81. The predicted molar refractivity (Wildman–Crippen MR) is 87.5 cm³/mol. The third kappa shape index (κ3) is 3.42. The second-order valence-electron chi connectivity index (χ2n) is 5.68. The molecule has 0 fully saturated rings. The maximum absolute atomic E-state index is 4.10. The molecule has 1 aliphatic rings. The van der Waals surface area contributed by atoms with Crippen molar-refractivity contribution in [1.82, 2.24) is 9.88 Å². The lowest BCUT2D eigenvalue weighted by atomic mass is 9.90. The van der Waals surface area contributed by atoms with Crippen LogP contribution in [0.2, 0.25) is 0 Å². The smallest absolute Gasteiger partial charge is 0.0376 e. The van der Waals surface area contributed by atoms with E-state index >= 15 is 0 Å². The number of rotatable bonds is 5. The van der Waals surface area contributed by atoms with Gasteiger partial charge in [-0.2, -0.15) is 0 Å². The summed E-state index contributed by atoms with van der Waals surface area (Å²) in [4.78, 5) is 6.63. The quantitative estimate of drug-likeness (QED) is 0.909. The van der Waals surface area contributed by atoms with E-state index in [4.69, 9.17) is 0 Å². The maximum Gasteiger partial charge on any atom is 0.0376 e. The van der Waals surface area contributed by atoms with Crippen LogP contribution in [0, 0.1) is 0 Å². The number of benzene rings is 1. The van der Waals surface area contributed by atoms with Crippen molar-refractivity contribution in [1.29, 1.82) is 0 Å². The Bertz CT molecular complexity index is 568. The first-order valence-corrected chi connectivity index (χ1v) is 7.81. The molecule has 0 saturated heterocycles. The normalized spacial score (nSPS) is 17.3. The van der Waals surface area contributed by atoms with Gasteiger partial charge in [0.1, 0.15) is 0 Å².